The molecule has 0 spiro atoms. The molecule has 34 heavy (non-hydrogen) atoms. The van der Waals surface area contributed by atoms with E-state index in [9.17, 15) is 9.59 Å². The van der Waals surface area contributed by atoms with Gasteiger partial charge in [-0.2, -0.15) is 4.98 Å². The molecule has 0 atom stereocenters. The lowest BCUT2D eigenvalue weighted by Gasteiger charge is -2.26. The Morgan fingerprint density at radius 2 is 1.85 bits per heavy atom. The Balaban J connectivity index is 1.47. The molecule has 4 rings (SSSR count). The highest BCUT2D eigenvalue weighted by Crippen LogP contribution is 2.30. The molecule has 0 saturated carbocycles. The quantitative estimate of drug-likeness (QED) is 0.535. The van der Waals surface area contributed by atoms with Crippen LogP contribution in [0.3, 0.4) is 0 Å². The Morgan fingerprint density at radius 3 is 2.59 bits per heavy atom. The molecule has 9 heteroatoms. The summed E-state index contributed by atoms with van der Waals surface area (Å²) in [4.78, 5) is 31.5. The molecule has 0 bridgehead atoms. The van der Waals surface area contributed by atoms with Crippen molar-refractivity contribution < 1.29 is 23.6 Å². The van der Waals surface area contributed by atoms with E-state index in [-0.39, 0.29) is 18.4 Å². The van der Waals surface area contributed by atoms with Gasteiger partial charge in [-0.25, -0.2) is 0 Å². The van der Waals surface area contributed by atoms with E-state index in [0.717, 1.165) is 32.4 Å². The SMILES string of the molecule is CCOc1cc(C(=O)Nc2ccccc2-c2noc(C)n2)ccc1OCC(=O)N1CCCCC1. The number of aromatic nitrogens is 2. The number of nitrogens with zero attached hydrogens (tertiary/aromatic N) is 3. The number of hydrogen-bond acceptors (Lipinski definition) is 7. The van der Waals surface area contributed by atoms with Gasteiger partial charge in [0.15, 0.2) is 18.1 Å². The highest BCUT2D eigenvalue weighted by Gasteiger charge is 2.19. The number of hydrogen-bond donors (Lipinski definition) is 1. The molecule has 2 heterocycles. The van der Waals surface area contributed by atoms with Crippen molar-refractivity contribution in [2.45, 2.75) is 33.1 Å². The number of nitrogens with one attached hydrogen (secondary N) is 1. The van der Waals surface area contributed by atoms with Gasteiger partial charge in [0.2, 0.25) is 11.7 Å². The van der Waals surface area contributed by atoms with E-state index in [2.05, 4.69) is 15.5 Å². The van der Waals surface area contributed by atoms with Gasteiger partial charge in [-0.1, -0.05) is 17.3 Å². The normalized spacial score (nSPS) is 13.4. The molecule has 1 aromatic heterocycles. The minimum atomic E-state index is -0.329. The fourth-order valence-electron chi connectivity index (χ4n) is 3.80. The summed E-state index contributed by atoms with van der Waals surface area (Å²) in [6.07, 6.45) is 3.20. The number of aryl methyl sites for hydroxylation is 1. The average molecular weight is 465 g/mol. The van der Waals surface area contributed by atoms with Crippen LogP contribution < -0.4 is 14.8 Å². The molecule has 0 aliphatic carbocycles. The van der Waals surface area contributed by atoms with Crippen LogP contribution in [0.5, 0.6) is 11.5 Å². The maximum atomic E-state index is 13.0. The summed E-state index contributed by atoms with van der Waals surface area (Å²) < 4.78 is 16.5. The first kappa shape index (κ1) is 23.3. The summed E-state index contributed by atoms with van der Waals surface area (Å²) in [6.45, 7) is 5.41. The summed E-state index contributed by atoms with van der Waals surface area (Å²) in [7, 11) is 0. The Bertz CT molecular complexity index is 1150. The zero-order chi connectivity index (χ0) is 23.9. The van der Waals surface area contributed by atoms with Crippen LogP contribution in [0.1, 0.15) is 42.4 Å². The van der Waals surface area contributed by atoms with Gasteiger partial charge < -0.3 is 24.2 Å². The van der Waals surface area contributed by atoms with Crippen molar-refractivity contribution in [1.29, 1.82) is 0 Å². The van der Waals surface area contributed by atoms with Crippen LogP contribution in [-0.2, 0) is 4.79 Å². The number of benzene rings is 2. The monoisotopic (exact) mass is 464 g/mol. The zero-order valence-electron chi connectivity index (χ0n) is 19.4. The van der Waals surface area contributed by atoms with E-state index in [0.29, 0.717) is 46.6 Å². The second-order valence-electron chi connectivity index (χ2n) is 7.96. The summed E-state index contributed by atoms with van der Waals surface area (Å²) in [5.41, 5.74) is 1.59. The van der Waals surface area contributed by atoms with Crippen LogP contribution >= 0.6 is 0 Å². The lowest BCUT2D eigenvalue weighted by atomic mass is 10.1. The molecule has 1 fully saturated rings. The van der Waals surface area contributed by atoms with Gasteiger partial charge in [-0.05, 0) is 56.5 Å². The van der Waals surface area contributed by atoms with Crippen LogP contribution in [0.15, 0.2) is 47.0 Å². The molecule has 9 nitrogen and oxygen atoms in total. The predicted molar refractivity (Wildman–Crippen MR) is 126 cm³/mol. The van der Waals surface area contributed by atoms with E-state index in [4.69, 9.17) is 14.0 Å². The first-order chi connectivity index (χ1) is 16.5. The van der Waals surface area contributed by atoms with Crippen LogP contribution in [0, 0.1) is 6.92 Å². The number of likely N-dealkylation sites (tertiary alicyclic amines) is 1. The number of piperidine rings is 1. The van der Waals surface area contributed by atoms with Gasteiger partial charge in [0.1, 0.15) is 0 Å². The van der Waals surface area contributed by atoms with E-state index in [1.54, 1.807) is 31.2 Å². The summed E-state index contributed by atoms with van der Waals surface area (Å²) >= 11 is 0. The Morgan fingerprint density at radius 1 is 1.06 bits per heavy atom. The number of anilines is 1. The summed E-state index contributed by atoms with van der Waals surface area (Å²) in [5.74, 6) is 1.29. The molecule has 3 aromatic rings. The van der Waals surface area contributed by atoms with Crippen molar-refractivity contribution in [3.63, 3.8) is 0 Å². The maximum Gasteiger partial charge on any atom is 0.260 e. The summed E-state index contributed by atoms with van der Waals surface area (Å²) in [5, 5.41) is 6.84. The maximum absolute atomic E-state index is 13.0. The molecule has 2 aromatic carbocycles. The van der Waals surface area contributed by atoms with Gasteiger partial charge in [-0.3, -0.25) is 9.59 Å². The van der Waals surface area contributed by atoms with Crippen LogP contribution in [0.25, 0.3) is 11.4 Å². The first-order valence-electron chi connectivity index (χ1n) is 11.4. The Kier molecular flexibility index (Phi) is 7.41. The average Bonchev–Trinajstić information content (AvgIpc) is 3.30. The number of carbonyl (C=O) groups is 2. The molecular formula is C25H28N4O5. The molecule has 0 unspecified atom stereocenters. The molecule has 0 radical (unpaired) electrons. The number of carbonyl (C=O) groups excluding carboxylic acids is 2. The second-order valence-corrected chi connectivity index (χ2v) is 7.96. The standard InChI is InChI=1S/C25H28N4O5/c1-3-32-22-15-18(11-12-21(22)33-16-23(30)29-13-7-4-8-14-29)25(31)27-20-10-6-5-9-19(20)24-26-17(2)34-28-24/h5-6,9-12,15H,3-4,7-8,13-14,16H2,1-2H3,(H,27,31). The van der Waals surface area contributed by atoms with Gasteiger partial charge in [0.25, 0.3) is 11.8 Å². The van der Waals surface area contributed by atoms with E-state index < -0.39 is 0 Å². The largest absolute Gasteiger partial charge is 0.490 e. The van der Waals surface area contributed by atoms with Gasteiger partial charge >= 0.3 is 0 Å². The van der Waals surface area contributed by atoms with Crippen molar-refractivity contribution in [1.82, 2.24) is 15.0 Å². The van der Waals surface area contributed by atoms with Crippen molar-refractivity contribution in [3.05, 3.63) is 53.9 Å². The third-order valence-electron chi connectivity index (χ3n) is 5.51. The number of ether oxygens (including phenoxy) is 2. The summed E-state index contributed by atoms with van der Waals surface area (Å²) in [6, 6.07) is 12.1. The molecule has 1 aliphatic heterocycles. The van der Waals surface area contributed by atoms with Crippen molar-refractivity contribution in [3.8, 4) is 22.9 Å². The number of rotatable bonds is 8. The van der Waals surface area contributed by atoms with Gasteiger partial charge in [-0.15, -0.1) is 0 Å². The lowest BCUT2D eigenvalue weighted by Crippen LogP contribution is -2.38. The second kappa shape index (κ2) is 10.8. The molecule has 1 aliphatic rings. The fourth-order valence-corrected chi connectivity index (χ4v) is 3.80. The molecule has 178 valence electrons. The molecule has 2 amide bonds. The zero-order valence-corrected chi connectivity index (χ0v) is 19.4. The van der Waals surface area contributed by atoms with Crippen molar-refractivity contribution in [2.24, 2.45) is 0 Å². The van der Waals surface area contributed by atoms with Crippen LogP contribution in [-0.4, -0.2) is 53.2 Å². The third-order valence-corrected chi connectivity index (χ3v) is 5.51. The highest BCUT2D eigenvalue weighted by molar-refractivity contribution is 6.06. The minimum Gasteiger partial charge on any atom is -0.490 e. The third kappa shape index (κ3) is 5.54. The van der Waals surface area contributed by atoms with Crippen molar-refractivity contribution >= 4 is 17.5 Å². The highest BCUT2D eigenvalue weighted by atomic mass is 16.5. The lowest BCUT2D eigenvalue weighted by molar-refractivity contribution is -0.134. The van der Waals surface area contributed by atoms with Crippen molar-refractivity contribution in [2.75, 3.05) is 31.6 Å². The number of amides is 2. The minimum absolute atomic E-state index is 0.0442. The van der Waals surface area contributed by atoms with Gasteiger partial charge in [0, 0.05) is 31.1 Å². The first-order valence-corrected chi connectivity index (χ1v) is 11.4. The fraction of sp³-hybridized carbons (Fsp3) is 0.360. The van der Waals surface area contributed by atoms with Crippen LogP contribution in [0.4, 0.5) is 5.69 Å². The Labute approximate surface area is 198 Å². The van der Waals surface area contributed by atoms with Crippen LogP contribution in [0.2, 0.25) is 0 Å². The molecule has 1 N–H and O–H groups in total. The smallest absolute Gasteiger partial charge is 0.260 e. The topological polar surface area (TPSA) is 107 Å². The molecular weight excluding hydrogens is 436 g/mol. The number of para-hydroxylation sites is 1. The van der Waals surface area contributed by atoms with Gasteiger partial charge in [0.05, 0.1) is 12.3 Å². The predicted octanol–water partition coefficient (Wildman–Crippen LogP) is 4.09. The van der Waals surface area contributed by atoms with E-state index >= 15 is 0 Å². The Hall–Kier alpha value is -3.88. The van der Waals surface area contributed by atoms with E-state index in [1.165, 1.54) is 0 Å². The van der Waals surface area contributed by atoms with E-state index in [1.807, 2.05) is 30.0 Å². The molecule has 1 saturated heterocycles.